The van der Waals surface area contributed by atoms with Gasteiger partial charge in [-0.3, -0.25) is 4.79 Å². The van der Waals surface area contributed by atoms with E-state index in [0.717, 1.165) is 11.1 Å². The van der Waals surface area contributed by atoms with Crippen LogP contribution in [0.25, 0.3) is 0 Å². The molecule has 0 spiro atoms. The van der Waals surface area contributed by atoms with Gasteiger partial charge in [0.1, 0.15) is 21.3 Å². The molecule has 0 fully saturated rings. The molecule has 49 heavy (non-hydrogen) atoms. The predicted molar refractivity (Wildman–Crippen MR) is 196 cm³/mol. The zero-order valence-corrected chi connectivity index (χ0v) is 31.4. The highest BCUT2D eigenvalue weighted by atomic mass is 32.2. The molecule has 4 aromatic carbocycles. The Hall–Kier alpha value is -4.15. The molecule has 10 heteroatoms. The molecule has 0 atom stereocenters. The normalized spacial score (nSPS) is 12.0. The Bertz CT molecular complexity index is 1900. The third-order valence-electron chi connectivity index (χ3n) is 8.41. The zero-order chi connectivity index (χ0) is 36.5. The number of nitrogens with zero attached hydrogens (tertiary/aromatic N) is 1. The van der Waals surface area contributed by atoms with Crippen LogP contribution in [0.1, 0.15) is 63.0 Å². The summed E-state index contributed by atoms with van der Waals surface area (Å²) in [7, 11) is -4.34. The Balaban J connectivity index is 0.000000276. The van der Waals surface area contributed by atoms with Gasteiger partial charge >= 0.3 is 0 Å². The van der Waals surface area contributed by atoms with E-state index in [1.54, 1.807) is 47.4 Å². The second-order valence-corrected chi connectivity index (χ2v) is 16.9. The minimum atomic E-state index is -3.81. The van der Waals surface area contributed by atoms with Crippen molar-refractivity contribution in [3.05, 3.63) is 120 Å². The summed E-state index contributed by atoms with van der Waals surface area (Å²) in [5.74, 6) is 0.177. The third-order valence-corrected chi connectivity index (χ3v) is 12.7. The molecule has 0 unspecified atom stereocenters. The summed E-state index contributed by atoms with van der Waals surface area (Å²) in [4.78, 5) is 14.8. The van der Waals surface area contributed by atoms with E-state index in [4.69, 9.17) is 9.47 Å². The Morgan fingerprint density at radius 1 is 0.592 bits per heavy atom. The van der Waals surface area contributed by atoms with Crippen molar-refractivity contribution in [3.8, 4) is 11.5 Å². The lowest BCUT2D eigenvalue weighted by molar-refractivity contribution is 0.0768. The summed E-state index contributed by atoms with van der Waals surface area (Å²) < 4.78 is 62.9. The SMILES string of the molecule is CCN(CC)C(=O)c1cccc(OC)c1S(=O)(=O)CC(C)(C)c1ccccc1.COc1ccccc1S(=O)(=O)CC(C)(C)c1ccccc1. The summed E-state index contributed by atoms with van der Waals surface area (Å²) in [6.45, 7) is 12.4. The molecule has 0 bridgehead atoms. The lowest BCUT2D eigenvalue weighted by Gasteiger charge is -2.27. The molecule has 0 saturated heterocycles. The average molecular weight is 708 g/mol. The van der Waals surface area contributed by atoms with Gasteiger partial charge in [-0.1, -0.05) is 107 Å². The van der Waals surface area contributed by atoms with Crippen molar-refractivity contribution in [1.29, 1.82) is 0 Å². The Morgan fingerprint density at radius 3 is 1.49 bits per heavy atom. The van der Waals surface area contributed by atoms with E-state index in [9.17, 15) is 21.6 Å². The van der Waals surface area contributed by atoms with Gasteiger partial charge in [0.05, 0.1) is 31.3 Å². The van der Waals surface area contributed by atoms with Crippen molar-refractivity contribution >= 4 is 25.6 Å². The lowest BCUT2D eigenvalue weighted by atomic mass is 9.87. The van der Waals surface area contributed by atoms with Crippen molar-refractivity contribution in [2.24, 2.45) is 0 Å². The van der Waals surface area contributed by atoms with Crippen LogP contribution in [0.5, 0.6) is 11.5 Å². The number of hydrogen-bond donors (Lipinski definition) is 0. The van der Waals surface area contributed by atoms with Gasteiger partial charge in [0, 0.05) is 23.9 Å². The van der Waals surface area contributed by atoms with Crippen molar-refractivity contribution in [3.63, 3.8) is 0 Å². The Kier molecular flexibility index (Phi) is 13.2. The summed E-state index contributed by atoms with van der Waals surface area (Å²) in [6, 6.07) is 30.7. The van der Waals surface area contributed by atoms with Crippen molar-refractivity contribution in [2.45, 2.75) is 62.2 Å². The fourth-order valence-corrected chi connectivity index (χ4v) is 9.99. The van der Waals surface area contributed by atoms with Crippen molar-refractivity contribution in [1.82, 2.24) is 4.90 Å². The number of ether oxygens (including phenoxy) is 2. The van der Waals surface area contributed by atoms with Gasteiger partial charge in [0.15, 0.2) is 19.7 Å². The van der Waals surface area contributed by atoms with E-state index in [1.807, 2.05) is 102 Å². The maximum Gasteiger partial charge on any atom is 0.255 e. The number of sulfone groups is 2. The Morgan fingerprint density at radius 2 is 1.02 bits per heavy atom. The summed E-state index contributed by atoms with van der Waals surface area (Å²) >= 11 is 0. The van der Waals surface area contributed by atoms with Gasteiger partial charge < -0.3 is 14.4 Å². The molecule has 0 aromatic heterocycles. The summed E-state index contributed by atoms with van der Waals surface area (Å²) in [6.07, 6.45) is 0. The van der Waals surface area contributed by atoms with Crippen LogP contribution in [0.15, 0.2) is 113 Å². The number of amides is 1. The monoisotopic (exact) mass is 707 g/mol. The lowest BCUT2D eigenvalue weighted by Crippen LogP contribution is -2.33. The average Bonchev–Trinajstić information content (AvgIpc) is 3.08. The largest absolute Gasteiger partial charge is 0.495 e. The molecule has 0 heterocycles. The molecule has 8 nitrogen and oxygen atoms in total. The minimum Gasteiger partial charge on any atom is -0.495 e. The third kappa shape index (κ3) is 9.73. The number of methoxy groups -OCH3 is 2. The number of benzene rings is 4. The van der Waals surface area contributed by atoms with Gasteiger partial charge in [-0.25, -0.2) is 16.8 Å². The van der Waals surface area contributed by atoms with E-state index in [0.29, 0.717) is 18.8 Å². The number of carbonyl (C=O) groups excluding carboxylic acids is 1. The van der Waals surface area contributed by atoms with Crippen LogP contribution in [0.3, 0.4) is 0 Å². The summed E-state index contributed by atoms with van der Waals surface area (Å²) in [5, 5.41) is 0. The molecule has 0 radical (unpaired) electrons. The number of carbonyl (C=O) groups is 1. The second kappa shape index (κ2) is 16.5. The number of para-hydroxylation sites is 1. The van der Waals surface area contributed by atoms with Gasteiger partial charge in [0.2, 0.25) is 0 Å². The number of rotatable bonds is 13. The smallest absolute Gasteiger partial charge is 0.255 e. The molecular weight excluding hydrogens is 659 g/mol. The van der Waals surface area contributed by atoms with Gasteiger partial charge in [-0.15, -0.1) is 0 Å². The first-order valence-corrected chi connectivity index (χ1v) is 19.5. The topological polar surface area (TPSA) is 107 Å². The molecule has 0 aliphatic carbocycles. The Labute approximate surface area is 292 Å². The molecule has 264 valence electrons. The highest BCUT2D eigenvalue weighted by Gasteiger charge is 2.35. The van der Waals surface area contributed by atoms with Crippen molar-refractivity contribution in [2.75, 3.05) is 38.8 Å². The molecular formula is C39H49NO7S2. The van der Waals surface area contributed by atoms with Crippen molar-refractivity contribution < 1.29 is 31.1 Å². The quantitative estimate of drug-likeness (QED) is 0.143. The van der Waals surface area contributed by atoms with Crippen LogP contribution < -0.4 is 9.47 Å². The second-order valence-electron chi connectivity index (χ2n) is 13.0. The van der Waals surface area contributed by atoms with Crippen LogP contribution in [-0.4, -0.2) is 66.5 Å². The highest BCUT2D eigenvalue weighted by Crippen LogP contribution is 2.35. The molecule has 0 aliphatic heterocycles. The first kappa shape index (κ1) is 39.3. The zero-order valence-electron chi connectivity index (χ0n) is 29.8. The molecule has 1 amide bonds. The van der Waals surface area contributed by atoms with E-state index < -0.39 is 30.5 Å². The molecule has 0 saturated carbocycles. The minimum absolute atomic E-state index is 0.0293. The molecule has 0 aliphatic rings. The molecule has 0 N–H and O–H groups in total. The van der Waals surface area contributed by atoms with E-state index in [1.165, 1.54) is 14.2 Å². The van der Waals surface area contributed by atoms with Gasteiger partial charge in [0.25, 0.3) is 5.91 Å². The van der Waals surface area contributed by atoms with Crippen LogP contribution in [-0.2, 0) is 30.5 Å². The first-order valence-electron chi connectivity index (χ1n) is 16.2. The molecule has 4 aromatic rings. The van der Waals surface area contributed by atoms with E-state index >= 15 is 0 Å². The van der Waals surface area contributed by atoms with Crippen LogP contribution in [0.4, 0.5) is 0 Å². The number of hydrogen-bond acceptors (Lipinski definition) is 7. The standard InChI is InChI=1S/C22H29NO4S.C17H20O3S/c1-6-23(7-2)21(24)18-14-11-15-19(27-5)20(18)28(25,26)16-22(3,4)17-12-9-8-10-13-17;1-17(2,14-9-5-4-6-10-14)13-21(18,19)16-12-8-7-11-15(16)20-3/h8-15H,6-7,16H2,1-5H3;4-12H,13H2,1-3H3. The van der Waals surface area contributed by atoms with Gasteiger partial charge in [-0.2, -0.15) is 0 Å². The van der Waals surface area contributed by atoms with E-state index in [2.05, 4.69) is 0 Å². The fourth-order valence-electron chi connectivity index (χ4n) is 5.77. The maximum atomic E-state index is 13.5. The highest BCUT2D eigenvalue weighted by molar-refractivity contribution is 7.92. The van der Waals surface area contributed by atoms with Crippen LogP contribution >= 0.6 is 0 Å². The fraction of sp³-hybridized carbons (Fsp3) is 0.359. The summed E-state index contributed by atoms with van der Waals surface area (Å²) in [5.41, 5.74) is 0.984. The molecule has 4 rings (SSSR count). The maximum absolute atomic E-state index is 13.5. The first-order chi connectivity index (χ1) is 23.0. The van der Waals surface area contributed by atoms with E-state index in [-0.39, 0.29) is 38.5 Å². The predicted octanol–water partition coefficient (Wildman–Crippen LogP) is 7.38. The van der Waals surface area contributed by atoms with Crippen LogP contribution in [0.2, 0.25) is 0 Å². The van der Waals surface area contributed by atoms with Gasteiger partial charge in [-0.05, 0) is 49.2 Å². The van der Waals surface area contributed by atoms with Crippen LogP contribution in [0, 0.1) is 0 Å².